The molecule has 2 aromatic heterocycles. The summed E-state index contributed by atoms with van der Waals surface area (Å²) in [4.78, 5) is 8.64. The van der Waals surface area contributed by atoms with Crippen LogP contribution < -0.4 is 5.32 Å². The molecule has 15 heavy (non-hydrogen) atoms. The van der Waals surface area contributed by atoms with E-state index < -0.39 is 0 Å². The van der Waals surface area contributed by atoms with E-state index >= 15 is 0 Å². The van der Waals surface area contributed by atoms with Crippen molar-refractivity contribution in [1.82, 2.24) is 15.3 Å². The second kappa shape index (κ2) is 4.51. The molecular formula is C11H13N3S. The molecule has 0 saturated carbocycles. The molecule has 0 bridgehead atoms. The van der Waals surface area contributed by atoms with Crippen molar-refractivity contribution in [3.8, 4) is 0 Å². The lowest BCUT2D eigenvalue weighted by molar-refractivity contribution is 0.668. The van der Waals surface area contributed by atoms with Crippen LogP contribution in [0, 0.1) is 6.92 Å². The van der Waals surface area contributed by atoms with Gasteiger partial charge in [-0.1, -0.05) is 0 Å². The van der Waals surface area contributed by atoms with Gasteiger partial charge in [0, 0.05) is 6.20 Å². The minimum Gasteiger partial charge on any atom is -0.308 e. The van der Waals surface area contributed by atoms with E-state index in [0.29, 0.717) is 0 Å². The first-order valence-electron chi connectivity index (χ1n) is 4.79. The zero-order chi connectivity index (χ0) is 10.7. The average Bonchev–Trinajstić information content (AvgIpc) is 2.75. The van der Waals surface area contributed by atoms with Crippen molar-refractivity contribution in [3.05, 3.63) is 46.2 Å². The van der Waals surface area contributed by atoms with Crippen LogP contribution in [0.2, 0.25) is 0 Å². The van der Waals surface area contributed by atoms with Gasteiger partial charge in [0.05, 0.1) is 23.6 Å². The number of hydrogen-bond donors (Lipinski definition) is 1. The number of nitrogens with one attached hydrogen (secondary N) is 1. The smallest absolute Gasteiger partial charge is 0.0801 e. The van der Waals surface area contributed by atoms with Gasteiger partial charge in [-0.15, -0.1) is 0 Å². The molecule has 0 aliphatic carbocycles. The zero-order valence-corrected chi connectivity index (χ0v) is 9.58. The molecule has 1 N–H and O–H groups in total. The molecule has 78 valence electrons. The van der Waals surface area contributed by atoms with Crippen LogP contribution in [0.5, 0.6) is 0 Å². The van der Waals surface area contributed by atoms with Gasteiger partial charge < -0.3 is 5.32 Å². The predicted molar refractivity (Wildman–Crippen MR) is 62.0 cm³/mol. The van der Waals surface area contributed by atoms with Gasteiger partial charge >= 0.3 is 0 Å². The maximum Gasteiger partial charge on any atom is 0.0801 e. The van der Waals surface area contributed by atoms with Gasteiger partial charge in [-0.05, 0) is 36.4 Å². The first-order chi connectivity index (χ1) is 7.31. The summed E-state index contributed by atoms with van der Waals surface area (Å²) >= 11 is 1.69. The largest absolute Gasteiger partial charge is 0.308 e. The standard InChI is InChI=1S/C11H13N3S/c1-8-5-14-10(6-13-8)11(12-2)9-3-4-15-7-9/h3-7,11-12H,1-2H3. The summed E-state index contributed by atoms with van der Waals surface area (Å²) in [5.74, 6) is 0. The van der Waals surface area contributed by atoms with Gasteiger partial charge in [0.15, 0.2) is 0 Å². The molecule has 3 nitrogen and oxygen atoms in total. The Morgan fingerprint density at radius 1 is 1.33 bits per heavy atom. The molecule has 0 aliphatic rings. The molecular weight excluding hydrogens is 206 g/mol. The maximum absolute atomic E-state index is 4.39. The van der Waals surface area contributed by atoms with Crippen molar-refractivity contribution < 1.29 is 0 Å². The van der Waals surface area contributed by atoms with Crippen LogP contribution in [0.15, 0.2) is 29.2 Å². The number of rotatable bonds is 3. The van der Waals surface area contributed by atoms with E-state index in [1.807, 2.05) is 20.2 Å². The Hall–Kier alpha value is -1.26. The van der Waals surface area contributed by atoms with E-state index in [1.165, 1.54) is 5.56 Å². The average molecular weight is 219 g/mol. The van der Waals surface area contributed by atoms with E-state index in [4.69, 9.17) is 0 Å². The SMILES string of the molecule is CNC(c1ccsc1)c1cnc(C)cn1. The molecule has 2 heterocycles. The number of aryl methyl sites for hydroxylation is 1. The lowest BCUT2D eigenvalue weighted by Gasteiger charge is -2.13. The van der Waals surface area contributed by atoms with Gasteiger partial charge in [0.1, 0.15) is 0 Å². The van der Waals surface area contributed by atoms with E-state index in [-0.39, 0.29) is 6.04 Å². The van der Waals surface area contributed by atoms with Crippen molar-refractivity contribution in [3.63, 3.8) is 0 Å². The van der Waals surface area contributed by atoms with E-state index in [1.54, 1.807) is 17.5 Å². The highest BCUT2D eigenvalue weighted by Gasteiger charge is 2.13. The second-order valence-electron chi connectivity index (χ2n) is 3.36. The van der Waals surface area contributed by atoms with Gasteiger partial charge in [-0.2, -0.15) is 11.3 Å². The molecule has 0 radical (unpaired) electrons. The van der Waals surface area contributed by atoms with E-state index in [0.717, 1.165) is 11.4 Å². The summed E-state index contributed by atoms with van der Waals surface area (Å²) in [6.45, 7) is 1.94. The molecule has 0 fully saturated rings. The molecule has 0 amide bonds. The summed E-state index contributed by atoms with van der Waals surface area (Å²) in [6.07, 6.45) is 3.63. The Labute approximate surface area is 93.2 Å². The fourth-order valence-corrected chi connectivity index (χ4v) is 2.16. The van der Waals surface area contributed by atoms with Gasteiger partial charge in [0.2, 0.25) is 0 Å². The predicted octanol–water partition coefficient (Wildman–Crippen LogP) is 2.16. The fourth-order valence-electron chi connectivity index (χ4n) is 1.48. The maximum atomic E-state index is 4.39. The van der Waals surface area contributed by atoms with Crippen LogP contribution in [0.3, 0.4) is 0 Å². The Kier molecular flexibility index (Phi) is 3.08. The Morgan fingerprint density at radius 2 is 2.20 bits per heavy atom. The summed E-state index contributed by atoms with van der Waals surface area (Å²) < 4.78 is 0. The van der Waals surface area contributed by atoms with Crippen molar-refractivity contribution in [2.24, 2.45) is 0 Å². The Morgan fingerprint density at radius 3 is 2.73 bits per heavy atom. The normalized spacial score (nSPS) is 12.7. The summed E-state index contributed by atoms with van der Waals surface area (Å²) in [5, 5.41) is 7.44. The zero-order valence-electron chi connectivity index (χ0n) is 8.77. The highest BCUT2D eigenvalue weighted by Crippen LogP contribution is 2.21. The van der Waals surface area contributed by atoms with Crippen molar-refractivity contribution in [2.45, 2.75) is 13.0 Å². The molecule has 0 saturated heterocycles. The van der Waals surface area contributed by atoms with E-state index in [9.17, 15) is 0 Å². The molecule has 4 heteroatoms. The highest BCUT2D eigenvalue weighted by atomic mass is 32.1. The summed E-state index contributed by atoms with van der Waals surface area (Å²) in [5.41, 5.74) is 3.14. The quantitative estimate of drug-likeness (QED) is 0.859. The third-order valence-electron chi connectivity index (χ3n) is 2.26. The minimum atomic E-state index is 0.143. The lowest BCUT2D eigenvalue weighted by atomic mass is 10.1. The fraction of sp³-hybridized carbons (Fsp3) is 0.273. The molecule has 2 rings (SSSR count). The molecule has 0 aliphatic heterocycles. The summed E-state index contributed by atoms with van der Waals surface area (Å²) in [6, 6.07) is 2.25. The van der Waals surface area contributed by atoms with Gasteiger partial charge in [0.25, 0.3) is 0 Å². The lowest BCUT2D eigenvalue weighted by Crippen LogP contribution is -2.18. The van der Waals surface area contributed by atoms with Crippen LogP contribution in [-0.4, -0.2) is 17.0 Å². The monoisotopic (exact) mass is 219 g/mol. The third kappa shape index (κ3) is 2.22. The van der Waals surface area contributed by atoms with Gasteiger partial charge in [-0.25, -0.2) is 0 Å². The first kappa shape index (κ1) is 10.3. The molecule has 0 spiro atoms. The Balaban J connectivity index is 2.31. The molecule has 0 aromatic carbocycles. The molecule has 1 atom stereocenters. The topological polar surface area (TPSA) is 37.8 Å². The molecule has 1 unspecified atom stereocenters. The number of thiophene rings is 1. The van der Waals surface area contributed by atoms with Crippen molar-refractivity contribution in [1.29, 1.82) is 0 Å². The van der Waals surface area contributed by atoms with Crippen molar-refractivity contribution >= 4 is 11.3 Å². The summed E-state index contributed by atoms with van der Waals surface area (Å²) in [7, 11) is 1.93. The minimum absolute atomic E-state index is 0.143. The van der Waals surface area contributed by atoms with Crippen LogP contribution >= 0.6 is 11.3 Å². The highest BCUT2D eigenvalue weighted by molar-refractivity contribution is 7.08. The van der Waals surface area contributed by atoms with Gasteiger partial charge in [-0.3, -0.25) is 9.97 Å². The number of nitrogens with zero attached hydrogens (tertiary/aromatic N) is 2. The first-order valence-corrected chi connectivity index (χ1v) is 5.73. The second-order valence-corrected chi connectivity index (χ2v) is 4.14. The van der Waals surface area contributed by atoms with Crippen LogP contribution in [0.4, 0.5) is 0 Å². The third-order valence-corrected chi connectivity index (χ3v) is 2.96. The van der Waals surface area contributed by atoms with Crippen molar-refractivity contribution in [2.75, 3.05) is 7.05 Å². The van der Waals surface area contributed by atoms with Crippen LogP contribution in [0.1, 0.15) is 23.0 Å². The van der Waals surface area contributed by atoms with E-state index in [2.05, 4.69) is 32.1 Å². The van der Waals surface area contributed by atoms with Crippen LogP contribution in [-0.2, 0) is 0 Å². The molecule has 2 aromatic rings. The van der Waals surface area contributed by atoms with Crippen LogP contribution in [0.25, 0.3) is 0 Å². The number of aromatic nitrogens is 2. The number of hydrogen-bond acceptors (Lipinski definition) is 4. The Bertz CT molecular complexity index is 408.